The predicted molar refractivity (Wildman–Crippen MR) is 61.4 cm³/mol. The van der Waals surface area contributed by atoms with Crippen molar-refractivity contribution >= 4 is 5.97 Å². The molecule has 0 aromatic heterocycles. The summed E-state index contributed by atoms with van der Waals surface area (Å²) in [5.41, 5.74) is 7.70. The number of esters is 1. The SMILES string of the molecule is COC(=O)C(N)Cc1ccc(OC)c(C)c1. The van der Waals surface area contributed by atoms with Gasteiger partial charge in [0.1, 0.15) is 11.8 Å². The van der Waals surface area contributed by atoms with E-state index in [2.05, 4.69) is 4.74 Å². The van der Waals surface area contributed by atoms with Crippen LogP contribution in [0, 0.1) is 6.92 Å². The molecule has 1 aromatic rings. The molecule has 0 saturated heterocycles. The van der Waals surface area contributed by atoms with Gasteiger partial charge in [0.25, 0.3) is 0 Å². The largest absolute Gasteiger partial charge is 0.496 e. The quantitative estimate of drug-likeness (QED) is 0.775. The van der Waals surface area contributed by atoms with Crippen LogP contribution in [0.2, 0.25) is 0 Å². The summed E-state index contributed by atoms with van der Waals surface area (Å²) in [4.78, 5) is 11.2. The van der Waals surface area contributed by atoms with Gasteiger partial charge < -0.3 is 15.2 Å². The van der Waals surface area contributed by atoms with Crippen LogP contribution < -0.4 is 10.5 Å². The van der Waals surface area contributed by atoms with E-state index in [0.29, 0.717) is 6.42 Å². The highest BCUT2D eigenvalue weighted by Gasteiger charge is 2.14. The molecule has 4 heteroatoms. The third-order valence-corrected chi connectivity index (χ3v) is 2.42. The van der Waals surface area contributed by atoms with Crippen LogP contribution in [-0.2, 0) is 16.0 Å². The Labute approximate surface area is 95.3 Å². The molecule has 0 heterocycles. The van der Waals surface area contributed by atoms with Gasteiger partial charge in [0, 0.05) is 0 Å². The van der Waals surface area contributed by atoms with Gasteiger partial charge in [-0.15, -0.1) is 0 Å². The van der Waals surface area contributed by atoms with Crippen molar-refractivity contribution in [3.8, 4) is 5.75 Å². The average Bonchev–Trinajstić information content (AvgIpc) is 2.28. The second-order valence-corrected chi connectivity index (χ2v) is 3.64. The van der Waals surface area contributed by atoms with Gasteiger partial charge in [-0.25, -0.2) is 0 Å². The molecule has 0 saturated carbocycles. The van der Waals surface area contributed by atoms with Crippen LogP contribution in [0.15, 0.2) is 18.2 Å². The fourth-order valence-corrected chi connectivity index (χ4v) is 1.56. The minimum absolute atomic E-state index is 0.395. The van der Waals surface area contributed by atoms with E-state index in [9.17, 15) is 4.79 Å². The van der Waals surface area contributed by atoms with Crippen LogP contribution in [0.25, 0.3) is 0 Å². The third kappa shape index (κ3) is 2.97. The third-order valence-electron chi connectivity index (χ3n) is 2.42. The molecule has 1 atom stereocenters. The molecule has 0 aliphatic rings. The van der Waals surface area contributed by atoms with Crippen molar-refractivity contribution in [3.05, 3.63) is 29.3 Å². The van der Waals surface area contributed by atoms with E-state index in [1.165, 1.54) is 7.11 Å². The highest BCUT2D eigenvalue weighted by molar-refractivity contribution is 5.75. The number of methoxy groups -OCH3 is 2. The molecule has 0 aliphatic carbocycles. The lowest BCUT2D eigenvalue weighted by molar-refractivity contribution is -0.142. The Balaban J connectivity index is 2.75. The highest BCUT2D eigenvalue weighted by atomic mass is 16.5. The van der Waals surface area contributed by atoms with E-state index in [0.717, 1.165) is 16.9 Å². The monoisotopic (exact) mass is 223 g/mol. The summed E-state index contributed by atoms with van der Waals surface area (Å²) in [5.74, 6) is 0.434. The van der Waals surface area contributed by atoms with Crippen molar-refractivity contribution in [2.45, 2.75) is 19.4 Å². The van der Waals surface area contributed by atoms with Crippen molar-refractivity contribution in [2.24, 2.45) is 5.73 Å². The number of carbonyl (C=O) groups excluding carboxylic acids is 1. The van der Waals surface area contributed by atoms with E-state index in [-0.39, 0.29) is 0 Å². The number of rotatable bonds is 4. The maximum Gasteiger partial charge on any atom is 0.322 e. The zero-order chi connectivity index (χ0) is 12.1. The molecule has 0 radical (unpaired) electrons. The summed E-state index contributed by atoms with van der Waals surface area (Å²) >= 11 is 0. The molecule has 0 amide bonds. The number of ether oxygens (including phenoxy) is 2. The first-order chi connectivity index (χ1) is 7.58. The molecular formula is C12H17NO3. The van der Waals surface area contributed by atoms with Crippen LogP contribution in [0.5, 0.6) is 5.75 Å². The van der Waals surface area contributed by atoms with Crippen LogP contribution in [0.1, 0.15) is 11.1 Å². The number of hydrogen-bond donors (Lipinski definition) is 1. The first kappa shape index (κ1) is 12.5. The Hall–Kier alpha value is -1.55. The summed E-state index contributed by atoms with van der Waals surface area (Å²) in [6.45, 7) is 1.95. The molecule has 0 aliphatic heterocycles. The lowest BCUT2D eigenvalue weighted by atomic mass is 10.0. The average molecular weight is 223 g/mol. The van der Waals surface area contributed by atoms with Gasteiger partial charge in [0.15, 0.2) is 0 Å². The molecule has 1 aromatic carbocycles. The van der Waals surface area contributed by atoms with Gasteiger partial charge in [-0.3, -0.25) is 4.79 Å². The molecule has 0 fully saturated rings. The standard InChI is InChI=1S/C12H17NO3/c1-8-6-9(4-5-11(8)15-2)7-10(13)12(14)16-3/h4-6,10H,7,13H2,1-3H3. The molecule has 88 valence electrons. The van der Waals surface area contributed by atoms with E-state index in [1.54, 1.807) is 7.11 Å². The van der Waals surface area contributed by atoms with Crippen molar-refractivity contribution in [2.75, 3.05) is 14.2 Å². The summed E-state index contributed by atoms with van der Waals surface area (Å²) in [5, 5.41) is 0. The molecule has 4 nitrogen and oxygen atoms in total. The van der Waals surface area contributed by atoms with Crippen molar-refractivity contribution < 1.29 is 14.3 Å². The molecule has 1 unspecified atom stereocenters. The minimum Gasteiger partial charge on any atom is -0.496 e. The zero-order valence-electron chi connectivity index (χ0n) is 9.82. The van der Waals surface area contributed by atoms with Crippen molar-refractivity contribution in [1.82, 2.24) is 0 Å². The number of carbonyl (C=O) groups is 1. The van der Waals surface area contributed by atoms with Gasteiger partial charge in [0.2, 0.25) is 0 Å². The molecule has 16 heavy (non-hydrogen) atoms. The second-order valence-electron chi connectivity index (χ2n) is 3.64. The summed E-state index contributed by atoms with van der Waals surface area (Å²) in [6.07, 6.45) is 0.470. The molecular weight excluding hydrogens is 206 g/mol. The van der Waals surface area contributed by atoms with Crippen LogP contribution in [-0.4, -0.2) is 26.2 Å². The Bertz CT molecular complexity index is 377. The lowest BCUT2D eigenvalue weighted by Gasteiger charge is -2.11. The maximum atomic E-state index is 11.2. The van der Waals surface area contributed by atoms with E-state index < -0.39 is 12.0 Å². The van der Waals surface area contributed by atoms with Crippen LogP contribution >= 0.6 is 0 Å². The molecule has 2 N–H and O–H groups in total. The van der Waals surface area contributed by atoms with E-state index >= 15 is 0 Å². The Morgan fingerprint density at radius 3 is 2.62 bits per heavy atom. The Kier molecular flexibility index (Phi) is 4.31. The fourth-order valence-electron chi connectivity index (χ4n) is 1.56. The van der Waals surface area contributed by atoms with Crippen LogP contribution in [0.4, 0.5) is 0 Å². The number of aryl methyl sites for hydroxylation is 1. The fraction of sp³-hybridized carbons (Fsp3) is 0.417. The van der Waals surface area contributed by atoms with Gasteiger partial charge in [-0.2, -0.15) is 0 Å². The zero-order valence-corrected chi connectivity index (χ0v) is 9.82. The normalized spacial score (nSPS) is 12.0. The number of hydrogen-bond acceptors (Lipinski definition) is 4. The number of nitrogens with two attached hydrogens (primary N) is 1. The predicted octanol–water partition coefficient (Wildman–Crippen LogP) is 1.05. The molecule has 0 spiro atoms. The van der Waals surface area contributed by atoms with Gasteiger partial charge in [0.05, 0.1) is 14.2 Å². The first-order valence-corrected chi connectivity index (χ1v) is 5.05. The van der Waals surface area contributed by atoms with Gasteiger partial charge in [-0.05, 0) is 30.5 Å². The van der Waals surface area contributed by atoms with Gasteiger partial charge >= 0.3 is 5.97 Å². The lowest BCUT2D eigenvalue weighted by Crippen LogP contribution is -2.33. The Morgan fingerprint density at radius 1 is 1.44 bits per heavy atom. The minimum atomic E-state index is -0.613. The van der Waals surface area contributed by atoms with Gasteiger partial charge in [-0.1, -0.05) is 12.1 Å². The van der Waals surface area contributed by atoms with Crippen LogP contribution in [0.3, 0.4) is 0 Å². The first-order valence-electron chi connectivity index (χ1n) is 5.05. The summed E-state index contributed by atoms with van der Waals surface area (Å²) in [6, 6.07) is 5.11. The topological polar surface area (TPSA) is 61.5 Å². The number of benzene rings is 1. The smallest absolute Gasteiger partial charge is 0.322 e. The molecule has 0 bridgehead atoms. The highest BCUT2D eigenvalue weighted by Crippen LogP contribution is 2.19. The van der Waals surface area contributed by atoms with E-state index in [1.807, 2.05) is 25.1 Å². The summed E-state index contributed by atoms with van der Waals surface area (Å²) in [7, 11) is 2.96. The van der Waals surface area contributed by atoms with Crippen molar-refractivity contribution in [1.29, 1.82) is 0 Å². The molecule has 1 rings (SSSR count). The summed E-state index contributed by atoms with van der Waals surface area (Å²) < 4.78 is 9.72. The Morgan fingerprint density at radius 2 is 2.12 bits per heavy atom. The van der Waals surface area contributed by atoms with Crippen molar-refractivity contribution in [3.63, 3.8) is 0 Å². The maximum absolute atomic E-state index is 11.2. The van der Waals surface area contributed by atoms with E-state index in [4.69, 9.17) is 10.5 Å². The second kappa shape index (κ2) is 5.51.